The molecular weight excluding hydrogens is 214 g/mol. The Morgan fingerprint density at radius 2 is 2.06 bits per heavy atom. The maximum atomic E-state index is 11.6. The first-order valence-electron chi connectivity index (χ1n) is 5.82. The molecule has 1 amide bonds. The highest BCUT2D eigenvalue weighted by atomic mass is 16.3. The number of amides is 1. The first-order valence-corrected chi connectivity index (χ1v) is 5.82. The minimum Gasteiger partial charge on any atom is -0.388 e. The van der Waals surface area contributed by atoms with E-state index >= 15 is 0 Å². The van der Waals surface area contributed by atoms with Gasteiger partial charge in [-0.3, -0.25) is 4.79 Å². The van der Waals surface area contributed by atoms with E-state index in [1.807, 2.05) is 36.4 Å². The summed E-state index contributed by atoms with van der Waals surface area (Å²) in [6.07, 6.45) is 4.37. The molecule has 0 spiro atoms. The van der Waals surface area contributed by atoms with Crippen molar-refractivity contribution in [1.29, 1.82) is 0 Å². The van der Waals surface area contributed by atoms with Crippen LogP contribution in [-0.2, 0) is 4.79 Å². The van der Waals surface area contributed by atoms with Crippen molar-refractivity contribution in [2.24, 2.45) is 5.41 Å². The number of carbonyl (C=O) groups excluding carboxylic acids is 1. The van der Waals surface area contributed by atoms with Crippen molar-refractivity contribution in [1.82, 2.24) is 5.32 Å². The van der Waals surface area contributed by atoms with Crippen molar-refractivity contribution < 1.29 is 9.90 Å². The van der Waals surface area contributed by atoms with E-state index in [-0.39, 0.29) is 5.91 Å². The van der Waals surface area contributed by atoms with E-state index in [1.165, 1.54) is 0 Å². The van der Waals surface area contributed by atoms with Crippen LogP contribution >= 0.6 is 0 Å². The van der Waals surface area contributed by atoms with Crippen LogP contribution in [0.5, 0.6) is 0 Å². The Kier molecular flexibility index (Phi) is 3.29. The van der Waals surface area contributed by atoms with Crippen molar-refractivity contribution in [3.8, 4) is 0 Å². The van der Waals surface area contributed by atoms with Crippen molar-refractivity contribution in [2.45, 2.75) is 18.9 Å². The Morgan fingerprint density at radius 1 is 1.41 bits per heavy atom. The number of hydrogen-bond donors (Lipinski definition) is 2. The molecule has 2 N–H and O–H groups in total. The zero-order chi connectivity index (χ0) is 12.3. The van der Waals surface area contributed by atoms with E-state index in [9.17, 15) is 9.90 Å². The summed E-state index contributed by atoms with van der Waals surface area (Å²) < 4.78 is 0. The van der Waals surface area contributed by atoms with Crippen molar-refractivity contribution in [3.63, 3.8) is 0 Å². The molecule has 1 aliphatic rings. The minimum absolute atomic E-state index is 0.0669. The Labute approximate surface area is 101 Å². The molecule has 1 aromatic rings. The third-order valence-corrected chi connectivity index (χ3v) is 3.30. The summed E-state index contributed by atoms with van der Waals surface area (Å²) in [5, 5.41) is 12.7. The molecule has 1 atom stereocenters. The van der Waals surface area contributed by atoms with E-state index in [2.05, 4.69) is 5.32 Å². The molecule has 2 rings (SSSR count). The number of hydrogen-bond acceptors (Lipinski definition) is 2. The molecule has 1 fully saturated rings. The molecule has 0 aromatic heterocycles. The first kappa shape index (κ1) is 11.9. The van der Waals surface area contributed by atoms with E-state index < -0.39 is 11.5 Å². The number of carbonyl (C=O) groups is 1. The second-order valence-electron chi connectivity index (χ2n) is 4.45. The van der Waals surface area contributed by atoms with E-state index in [0.29, 0.717) is 0 Å². The molecule has 1 aliphatic carbocycles. The van der Waals surface area contributed by atoms with E-state index in [4.69, 9.17) is 0 Å². The summed E-state index contributed by atoms with van der Waals surface area (Å²) in [6.45, 7) is 0. The largest absolute Gasteiger partial charge is 0.388 e. The third kappa shape index (κ3) is 2.39. The molecule has 0 bridgehead atoms. The molecule has 0 radical (unpaired) electrons. The number of benzene rings is 1. The van der Waals surface area contributed by atoms with Crippen molar-refractivity contribution in [3.05, 3.63) is 42.0 Å². The van der Waals surface area contributed by atoms with Crippen LogP contribution in [0.3, 0.4) is 0 Å². The van der Waals surface area contributed by atoms with Crippen LogP contribution in [0.4, 0.5) is 0 Å². The molecule has 0 aliphatic heterocycles. The molecule has 3 heteroatoms. The predicted octanol–water partition coefficient (Wildman–Crippen LogP) is 1.59. The van der Waals surface area contributed by atoms with Crippen LogP contribution in [0.25, 0.3) is 6.08 Å². The maximum absolute atomic E-state index is 11.6. The van der Waals surface area contributed by atoms with Gasteiger partial charge in [-0.05, 0) is 18.4 Å². The molecular formula is C14H17NO2. The SMILES string of the molecule is CNC(=O)C1(C(O)/C=C/c2ccccc2)CC1. The van der Waals surface area contributed by atoms with Gasteiger partial charge >= 0.3 is 0 Å². The quantitative estimate of drug-likeness (QED) is 0.826. The molecule has 17 heavy (non-hydrogen) atoms. The summed E-state index contributed by atoms with van der Waals surface area (Å²) in [5.74, 6) is -0.0669. The first-order chi connectivity index (χ1) is 8.19. The molecule has 1 saturated carbocycles. The van der Waals surface area contributed by atoms with Gasteiger partial charge in [0.2, 0.25) is 5.91 Å². The minimum atomic E-state index is -0.706. The summed E-state index contributed by atoms with van der Waals surface area (Å²) in [6, 6.07) is 9.75. The normalized spacial score (nSPS) is 18.9. The van der Waals surface area contributed by atoms with Gasteiger partial charge in [0.15, 0.2) is 0 Å². The Bertz CT molecular complexity index is 421. The fraction of sp³-hybridized carbons (Fsp3) is 0.357. The van der Waals surface area contributed by atoms with E-state index in [1.54, 1.807) is 13.1 Å². The lowest BCUT2D eigenvalue weighted by Crippen LogP contribution is -2.36. The van der Waals surface area contributed by atoms with Gasteiger partial charge in [-0.2, -0.15) is 0 Å². The highest BCUT2D eigenvalue weighted by molar-refractivity contribution is 5.86. The van der Waals surface area contributed by atoms with Gasteiger partial charge in [-0.25, -0.2) is 0 Å². The van der Waals surface area contributed by atoms with Crippen LogP contribution in [0.2, 0.25) is 0 Å². The van der Waals surface area contributed by atoms with Gasteiger partial charge in [0.1, 0.15) is 0 Å². The highest BCUT2D eigenvalue weighted by Gasteiger charge is 2.54. The number of rotatable bonds is 4. The molecule has 1 unspecified atom stereocenters. The van der Waals surface area contributed by atoms with Gasteiger partial charge in [0.05, 0.1) is 11.5 Å². The number of nitrogens with one attached hydrogen (secondary N) is 1. The van der Waals surface area contributed by atoms with Gasteiger partial charge < -0.3 is 10.4 Å². The zero-order valence-corrected chi connectivity index (χ0v) is 9.89. The molecule has 3 nitrogen and oxygen atoms in total. The second-order valence-corrected chi connectivity index (χ2v) is 4.45. The number of aliphatic hydroxyl groups is 1. The maximum Gasteiger partial charge on any atom is 0.228 e. The third-order valence-electron chi connectivity index (χ3n) is 3.30. The van der Waals surface area contributed by atoms with Gasteiger partial charge in [-0.1, -0.05) is 42.5 Å². The van der Waals surface area contributed by atoms with E-state index in [0.717, 1.165) is 18.4 Å². The molecule has 90 valence electrons. The summed E-state index contributed by atoms with van der Waals surface area (Å²) in [5.41, 5.74) is 0.444. The van der Waals surface area contributed by atoms with Crippen LogP contribution in [0, 0.1) is 5.41 Å². The Morgan fingerprint density at radius 3 is 2.59 bits per heavy atom. The molecule has 0 saturated heterocycles. The average Bonchev–Trinajstić information content (AvgIpc) is 3.17. The topological polar surface area (TPSA) is 49.3 Å². The van der Waals surface area contributed by atoms with Gasteiger partial charge in [0, 0.05) is 7.05 Å². The van der Waals surface area contributed by atoms with Gasteiger partial charge in [-0.15, -0.1) is 0 Å². The lowest BCUT2D eigenvalue weighted by molar-refractivity contribution is -0.128. The summed E-state index contributed by atoms with van der Waals surface area (Å²) >= 11 is 0. The lowest BCUT2D eigenvalue weighted by Gasteiger charge is -2.17. The highest BCUT2D eigenvalue weighted by Crippen LogP contribution is 2.49. The van der Waals surface area contributed by atoms with Crippen LogP contribution in [-0.4, -0.2) is 24.2 Å². The van der Waals surface area contributed by atoms with Crippen LogP contribution in [0.15, 0.2) is 36.4 Å². The number of aliphatic hydroxyl groups excluding tert-OH is 1. The van der Waals surface area contributed by atoms with Crippen molar-refractivity contribution >= 4 is 12.0 Å². The predicted molar refractivity (Wildman–Crippen MR) is 67.2 cm³/mol. The summed E-state index contributed by atoms with van der Waals surface area (Å²) in [4.78, 5) is 11.6. The molecule has 0 heterocycles. The van der Waals surface area contributed by atoms with Crippen LogP contribution < -0.4 is 5.32 Å². The molecule has 1 aromatic carbocycles. The standard InChI is InChI=1S/C14H17NO2/c1-15-13(17)14(9-10-14)12(16)8-7-11-5-3-2-4-6-11/h2-8,12,16H,9-10H2,1H3,(H,15,17)/b8-7+. The summed E-state index contributed by atoms with van der Waals surface area (Å²) in [7, 11) is 1.61. The van der Waals surface area contributed by atoms with Crippen LogP contribution in [0.1, 0.15) is 18.4 Å². The average molecular weight is 231 g/mol. The smallest absolute Gasteiger partial charge is 0.228 e. The van der Waals surface area contributed by atoms with Crippen molar-refractivity contribution in [2.75, 3.05) is 7.05 Å². The fourth-order valence-electron chi connectivity index (χ4n) is 1.99. The Hall–Kier alpha value is -1.61. The fourth-order valence-corrected chi connectivity index (χ4v) is 1.99. The lowest BCUT2D eigenvalue weighted by atomic mass is 9.97. The van der Waals surface area contributed by atoms with Gasteiger partial charge in [0.25, 0.3) is 0 Å². The monoisotopic (exact) mass is 231 g/mol. The second kappa shape index (κ2) is 4.72. The zero-order valence-electron chi connectivity index (χ0n) is 9.89. The Balaban J connectivity index is 2.05.